The zero-order chi connectivity index (χ0) is 15.8. The lowest BCUT2D eigenvalue weighted by molar-refractivity contribution is 0.453. The van der Waals surface area contributed by atoms with Gasteiger partial charge in [-0.2, -0.15) is 4.31 Å². The number of sulfonamides is 1. The van der Waals surface area contributed by atoms with Crippen LogP contribution in [0.2, 0.25) is 0 Å². The van der Waals surface area contributed by atoms with Crippen molar-refractivity contribution < 1.29 is 17.3 Å². The number of aryl methyl sites for hydroxylation is 3. The lowest BCUT2D eigenvalue weighted by Gasteiger charge is -2.17. The van der Waals surface area contributed by atoms with Crippen molar-refractivity contribution in [2.45, 2.75) is 38.8 Å². The molecule has 0 aliphatic heterocycles. The Morgan fingerprint density at radius 3 is 2.38 bits per heavy atom. The van der Waals surface area contributed by atoms with Crippen molar-refractivity contribution in [1.29, 1.82) is 0 Å². The Labute approximate surface area is 124 Å². The fraction of sp³-hybridized carbons (Fsp3) is 0.429. The minimum Gasteiger partial charge on any atom is -0.469 e. The van der Waals surface area contributed by atoms with E-state index in [0.29, 0.717) is 22.8 Å². The fourth-order valence-electron chi connectivity index (χ4n) is 2.34. The largest absolute Gasteiger partial charge is 0.469 e. The Morgan fingerprint density at radius 2 is 1.86 bits per heavy atom. The van der Waals surface area contributed by atoms with Crippen LogP contribution in [0.3, 0.4) is 0 Å². The maximum Gasteiger partial charge on any atom is 0.246 e. The lowest BCUT2D eigenvalue weighted by atomic mass is 10.2. The minimum atomic E-state index is -3.67. The van der Waals surface area contributed by atoms with Crippen molar-refractivity contribution in [3.63, 3.8) is 0 Å². The lowest BCUT2D eigenvalue weighted by Crippen LogP contribution is -2.28. The Balaban J connectivity index is 2.40. The number of hydrogen-bond donors (Lipinski definition) is 1. The summed E-state index contributed by atoms with van der Waals surface area (Å²) in [6.45, 7) is 5.51. The molecule has 7 heteroatoms. The fourth-order valence-corrected chi connectivity index (χ4v) is 3.90. The third-order valence-electron chi connectivity index (χ3n) is 3.56. The topological polar surface area (TPSA) is 89.7 Å². The Hall–Kier alpha value is -1.57. The number of furan rings is 2. The third-order valence-corrected chi connectivity index (χ3v) is 5.56. The van der Waals surface area contributed by atoms with Crippen molar-refractivity contribution in [2.75, 3.05) is 7.05 Å². The van der Waals surface area contributed by atoms with Crippen LogP contribution >= 0.6 is 0 Å². The van der Waals surface area contributed by atoms with E-state index in [1.807, 2.05) is 0 Å². The first-order valence-corrected chi connectivity index (χ1v) is 8.01. The summed E-state index contributed by atoms with van der Waals surface area (Å²) in [6.07, 6.45) is 1.55. The standard InChI is InChI=1S/C14H20N2O4S/c1-9-12(5-6-19-9)8-16(4)21(17,18)14-11(3)20-10(2)13(14)7-15/h5-6H,7-8,15H2,1-4H3. The summed E-state index contributed by atoms with van der Waals surface area (Å²) in [6, 6.07) is 1.76. The van der Waals surface area contributed by atoms with Crippen molar-refractivity contribution in [1.82, 2.24) is 4.31 Å². The number of hydrogen-bond acceptors (Lipinski definition) is 5. The molecular weight excluding hydrogens is 292 g/mol. The quantitative estimate of drug-likeness (QED) is 0.913. The molecule has 2 aromatic rings. The molecule has 0 aromatic carbocycles. The minimum absolute atomic E-state index is 0.121. The first kappa shape index (κ1) is 15.8. The molecule has 0 fully saturated rings. The van der Waals surface area contributed by atoms with E-state index in [9.17, 15) is 8.42 Å². The van der Waals surface area contributed by atoms with Crippen LogP contribution < -0.4 is 5.73 Å². The molecule has 0 spiro atoms. The second kappa shape index (κ2) is 5.67. The van der Waals surface area contributed by atoms with Crippen LogP contribution in [-0.2, 0) is 23.1 Å². The van der Waals surface area contributed by atoms with Gasteiger partial charge >= 0.3 is 0 Å². The maximum atomic E-state index is 12.8. The summed E-state index contributed by atoms with van der Waals surface area (Å²) in [7, 11) is -2.13. The van der Waals surface area contributed by atoms with Gasteiger partial charge in [-0.25, -0.2) is 8.42 Å². The summed E-state index contributed by atoms with van der Waals surface area (Å²) in [4.78, 5) is 0.172. The molecule has 21 heavy (non-hydrogen) atoms. The highest BCUT2D eigenvalue weighted by Crippen LogP contribution is 2.29. The predicted octanol–water partition coefficient (Wildman–Crippen LogP) is 2.08. The van der Waals surface area contributed by atoms with Gasteiger partial charge in [-0.05, 0) is 26.8 Å². The van der Waals surface area contributed by atoms with Crippen LogP contribution in [0.15, 0.2) is 26.1 Å². The van der Waals surface area contributed by atoms with Gasteiger partial charge in [-0.3, -0.25) is 0 Å². The van der Waals surface area contributed by atoms with Crippen LogP contribution in [-0.4, -0.2) is 19.8 Å². The SMILES string of the molecule is Cc1occc1CN(C)S(=O)(=O)c1c(C)oc(C)c1CN. The van der Waals surface area contributed by atoms with Gasteiger partial charge in [-0.1, -0.05) is 0 Å². The van der Waals surface area contributed by atoms with E-state index in [1.165, 1.54) is 11.4 Å². The van der Waals surface area contributed by atoms with Gasteiger partial charge in [0.25, 0.3) is 0 Å². The number of rotatable bonds is 5. The van der Waals surface area contributed by atoms with Crippen LogP contribution in [0.4, 0.5) is 0 Å². The van der Waals surface area contributed by atoms with Gasteiger partial charge in [-0.15, -0.1) is 0 Å². The molecule has 2 N–H and O–H groups in total. The highest BCUT2D eigenvalue weighted by Gasteiger charge is 2.30. The Kier molecular flexibility index (Phi) is 4.27. The van der Waals surface area contributed by atoms with Gasteiger partial charge in [0.1, 0.15) is 22.2 Å². The van der Waals surface area contributed by atoms with Gasteiger partial charge in [0.05, 0.1) is 6.26 Å². The maximum absolute atomic E-state index is 12.8. The van der Waals surface area contributed by atoms with Crippen LogP contribution in [0, 0.1) is 20.8 Å². The van der Waals surface area contributed by atoms with Crippen LogP contribution in [0.5, 0.6) is 0 Å². The molecule has 0 amide bonds. The summed E-state index contributed by atoms with van der Waals surface area (Å²) < 4.78 is 37.4. The van der Waals surface area contributed by atoms with E-state index >= 15 is 0 Å². The summed E-state index contributed by atoms with van der Waals surface area (Å²) in [5.41, 5.74) is 7.02. The van der Waals surface area contributed by atoms with Crippen LogP contribution in [0.1, 0.15) is 28.4 Å². The van der Waals surface area contributed by atoms with Gasteiger partial charge in [0, 0.05) is 31.3 Å². The summed E-state index contributed by atoms with van der Waals surface area (Å²) in [5, 5.41) is 0. The van der Waals surface area contributed by atoms with Crippen molar-refractivity contribution >= 4 is 10.0 Å². The molecule has 2 rings (SSSR count). The van der Waals surface area contributed by atoms with E-state index in [0.717, 1.165) is 5.56 Å². The molecule has 0 saturated heterocycles. The predicted molar refractivity (Wildman–Crippen MR) is 78.2 cm³/mol. The zero-order valence-corrected chi connectivity index (χ0v) is 13.5. The molecule has 0 unspecified atom stereocenters. The first-order valence-electron chi connectivity index (χ1n) is 6.57. The van der Waals surface area contributed by atoms with Gasteiger partial charge in [0.2, 0.25) is 10.0 Å². The molecule has 0 aliphatic rings. The Bertz CT molecular complexity index is 743. The van der Waals surface area contributed by atoms with E-state index in [2.05, 4.69) is 0 Å². The number of nitrogens with zero attached hydrogens (tertiary/aromatic N) is 1. The molecule has 0 aliphatic carbocycles. The normalized spacial score (nSPS) is 12.3. The Morgan fingerprint density at radius 1 is 1.19 bits per heavy atom. The molecular formula is C14H20N2O4S. The highest BCUT2D eigenvalue weighted by atomic mass is 32.2. The monoisotopic (exact) mass is 312 g/mol. The van der Waals surface area contributed by atoms with Crippen molar-refractivity contribution in [3.05, 3.63) is 40.7 Å². The average Bonchev–Trinajstić information content (AvgIpc) is 2.92. The summed E-state index contributed by atoms with van der Waals surface area (Å²) >= 11 is 0. The first-order chi connectivity index (χ1) is 9.78. The molecule has 0 radical (unpaired) electrons. The molecule has 0 bridgehead atoms. The van der Waals surface area contributed by atoms with Gasteiger partial charge < -0.3 is 14.6 Å². The molecule has 2 heterocycles. The third kappa shape index (κ3) is 2.76. The van der Waals surface area contributed by atoms with Crippen molar-refractivity contribution in [2.24, 2.45) is 5.73 Å². The smallest absolute Gasteiger partial charge is 0.246 e. The van der Waals surface area contributed by atoms with Crippen LogP contribution in [0.25, 0.3) is 0 Å². The second-order valence-electron chi connectivity index (χ2n) is 4.99. The van der Waals surface area contributed by atoms with E-state index in [4.69, 9.17) is 14.6 Å². The average molecular weight is 312 g/mol. The van der Waals surface area contributed by atoms with E-state index < -0.39 is 10.0 Å². The number of nitrogens with two attached hydrogens (primary N) is 1. The molecule has 6 nitrogen and oxygen atoms in total. The molecule has 2 aromatic heterocycles. The van der Waals surface area contributed by atoms with E-state index in [-0.39, 0.29) is 18.0 Å². The van der Waals surface area contributed by atoms with Crippen molar-refractivity contribution in [3.8, 4) is 0 Å². The molecule has 0 saturated carbocycles. The zero-order valence-electron chi connectivity index (χ0n) is 12.6. The molecule has 0 atom stereocenters. The highest BCUT2D eigenvalue weighted by molar-refractivity contribution is 7.89. The van der Waals surface area contributed by atoms with E-state index in [1.54, 1.807) is 33.1 Å². The summed E-state index contributed by atoms with van der Waals surface area (Å²) in [5.74, 6) is 1.61. The van der Waals surface area contributed by atoms with Gasteiger partial charge in [0.15, 0.2) is 0 Å². The molecule has 116 valence electrons. The second-order valence-corrected chi connectivity index (χ2v) is 6.97.